The Morgan fingerprint density at radius 1 is 1.00 bits per heavy atom. The van der Waals surface area contributed by atoms with E-state index in [1.165, 1.54) is 24.3 Å². The zero-order valence-electron chi connectivity index (χ0n) is 11.0. The second-order valence-corrected chi connectivity index (χ2v) is 6.49. The number of carboxylic acids is 1. The van der Waals surface area contributed by atoms with Gasteiger partial charge in [-0.1, -0.05) is 36.4 Å². The van der Waals surface area contributed by atoms with Crippen molar-refractivity contribution in [3.8, 4) is 0 Å². The predicted octanol–water partition coefficient (Wildman–Crippen LogP) is 2.43. The number of aliphatic carboxylic acids is 1. The standard InChI is InChI=1S/C15H13FO4S/c16-13-7-3-4-8-14(13)21(19,20)10-12-6-2-1-5-11(12)9-15(17)18/h1-8H,9-10H2,(H,17,18). The highest BCUT2D eigenvalue weighted by Gasteiger charge is 2.21. The average molecular weight is 308 g/mol. The number of benzene rings is 2. The lowest BCUT2D eigenvalue weighted by molar-refractivity contribution is -0.136. The van der Waals surface area contributed by atoms with Crippen molar-refractivity contribution in [2.75, 3.05) is 0 Å². The van der Waals surface area contributed by atoms with Crippen LogP contribution >= 0.6 is 0 Å². The number of rotatable bonds is 5. The Hall–Kier alpha value is -2.21. The SMILES string of the molecule is O=C(O)Cc1ccccc1CS(=O)(=O)c1ccccc1F. The van der Waals surface area contributed by atoms with Gasteiger partial charge in [0.15, 0.2) is 9.84 Å². The first kappa shape index (κ1) is 15.2. The minimum Gasteiger partial charge on any atom is -0.481 e. The van der Waals surface area contributed by atoms with Crippen LogP contribution in [0, 0.1) is 5.82 Å². The molecule has 21 heavy (non-hydrogen) atoms. The van der Waals surface area contributed by atoms with Crippen LogP contribution in [0.2, 0.25) is 0 Å². The summed E-state index contributed by atoms with van der Waals surface area (Å²) in [7, 11) is -3.87. The maximum atomic E-state index is 13.6. The second kappa shape index (κ2) is 6.05. The number of carbonyl (C=O) groups is 1. The van der Waals surface area contributed by atoms with Crippen LogP contribution in [0.4, 0.5) is 4.39 Å². The monoisotopic (exact) mass is 308 g/mol. The maximum absolute atomic E-state index is 13.6. The quantitative estimate of drug-likeness (QED) is 0.921. The van der Waals surface area contributed by atoms with E-state index in [1.807, 2.05) is 0 Å². The summed E-state index contributed by atoms with van der Waals surface area (Å²) in [6, 6.07) is 11.5. The fourth-order valence-electron chi connectivity index (χ4n) is 2.01. The Morgan fingerprint density at radius 3 is 2.19 bits per heavy atom. The summed E-state index contributed by atoms with van der Waals surface area (Å²) in [5.74, 6) is -2.30. The Kier molecular flexibility index (Phi) is 4.37. The van der Waals surface area contributed by atoms with Gasteiger partial charge in [-0.05, 0) is 23.3 Å². The summed E-state index contributed by atoms with van der Waals surface area (Å²) < 4.78 is 38.2. The third-order valence-electron chi connectivity index (χ3n) is 2.98. The van der Waals surface area contributed by atoms with E-state index in [0.717, 1.165) is 6.07 Å². The molecule has 0 fully saturated rings. The number of hydrogen-bond donors (Lipinski definition) is 1. The number of carboxylic acid groups (broad SMARTS) is 1. The van der Waals surface area contributed by atoms with Gasteiger partial charge >= 0.3 is 5.97 Å². The highest BCUT2D eigenvalue weighted by atomic mass is 32.2. The second-order valence-electron chi connectivity index (χ2n) is 4.53. The van der Waals surface area contributed by atoms with E-state index in [-0.39, 0.29) is 11.3 Å². The van der Waals surface area contributed by atoms with E-state index in [9.17, 15) is 17.6 Å². The molecule has 0 aliphatic rings. The molecule has 0 unspecified atom stereocenters. The molecule has 0 radical (unpaired) electrons. The molecule has 0 bridgehead atoms. The van der Waals surface area contributed by atoms with Crippen molar-refractivity contribution in [2.45, 2.75) is 17.1 Å². The van der Waals surface area contributed by atoms with Crippen LogP contribution in [0.25, 0.3) is 0 Å². The van der Waals surface area contributed by atoms with Crippen LogP contribution < -0.4 is 0 Å². The Morgan fingerprint density at radius 2 is 1.57 bits per heavy atom. The average Bonchev–Trinajstić information content (AvgIpc) is 2.40. The van der Waals surface area contributed by atoms with Crippen molar-refractivity contribution in [3.05, 3.63) is 65.5 Å². The topological polar surface area (TPSA) is 71.4 Å². The normalized spacial score (nSPS) is 11.3. The van der Waals surface area contributed by atoms with Crippen LogP contribution in [0.15, 0.2) is 53.4 Å². The molecule has 0 aliphatic carbocycles. The van der Waals surface area contributed by atoms with Crippen molar-refractivity contribution in [2.24, 2.45) is 0 Å². The van der Waals surface area contributed by atoms with E-state index in [0.29, 0.717) is 11.1 Å². The first-order chi connectivity index (χ1) is 9.90. The number of sulfone groups is 1. The van der Waals surface area contributed by atoms with Gasteiger partial charge in [0.05, 0.1) is 12.2 Å². The molecule has 1 N–H and O–H groups in total. The van der Waals surface area contributed by atoms with Crippen LogP contribution in [-0.2, 0) is 26.8 Å². The molecule has 2 aromatic rings. The highest BCUT2D eigenvalue weighted by Crippen LogP contribution is 2.21. The molecule has 4 nitrogen and oxygen atoms in total. The molecule has 2 rings (SSSR count). The molecule has 0 saturated heterocycles. The van der Waals surface area contributed by atoms with Crippen LogP contribution in [0.1, 0.15) is 11.1 Å². The van der Waals surface area contributed by atoms with E-state index < -0.39 is 27.4 Å². The molecule has 0 aliphatic heterocycles. The Balaban J connectivity index is 2.38. The van der Waals surface area contributed by atoms with Crippen LogP contribution in [0.3, 0.4) is 0 Å². The van der Waals surface area contributed by atoms with E-state index >= 15 is 0 Å². The van der Waals surface area contributed by atoms with Crippen LogP contribution in [-0.4, -0.2) is 19.5 Å². The van der Waals surface area contributed by atoms with Gasteiger partial charge in [-0.25, -0.2) is 12.8 Å². The van der Waals surface area contributed by atoms with Crippen molar-refractivity contribution in [1.82, 2.24) is 0 Å². The Labute approximate surface area is 121 Å². The zero-order chi connectivity index (χ0) is 15.5. The van der Waals surface area contributed by atoms with Gasteiger partial charge in [0, 0.05) is 0 Å². The van der Waals surface area contributed by atoms with Gasteiger partial charge in [0.25, 0.3) is 0 Å². The van der Waals surface area contributed by atoms with Crippen LogP contribution in [0.5, 0.6) is 0 Å². The van der Waals surface area contributed by atoms with Gasteiger partial charge in [-0.3, -0.25) is 4.79 Å². The van der Waals surface area contributed by atoms with Gasteiger partial charge in [-0.2, -0.15) is 0 Å². The third-order valence-corrected chi connectivity index (χ3v) is 4.67. The van der Waals surface area contributed by atoms with Gasteiger partial charge in [-0.15, -0.1) is 0 Å². The molecule has 0 saturated carbocycles. The van der Waals surface area contributed by atoms with Crippen molar-refractivity contribution in [3.63, 3.8) is 0 Å². The minimum absolute atomic E-state index is 0.275. The summed E-state index contributed by atoms with van der Waals surface area (Å²) >= 11 is 0. The summed E-state index contributed by atoms with van der Waals surface area (Å²) in [4.78, 5) is 10.4. The summed E-state index contributed by atoms with van der Waals surface area (Å²) in [5.41, 5.74) is 0.771. The zero-order valence-corrected chi connectivity index (χ0v) is 11.8. The van der Waals surface area contributed by atoms with Crippen molar-refractivity contribution in [1.29, 1.82) is 0 Å². The molecule has 2 aromatic carbocycles. The first-order valence-corrected chi connectivity index (χ1v) is 7.81. The van der Waals surface area contributed by atoms with Crippen molar-refractivity contribution < 1.29 is 22.7 Å². The smallest absolute Gasteiger partial charge is 0.307 e. The minimum atomic E-state index is -3.87. The molecular weight excluding hydrogens is 295 g/mol. The molecule has 0 heterocycles. The highest BCUT2D eigenvalue weighted by molar-refractivity contribution is 7.90. The van der Waals surface area contributed by atoms with Gasteiger partial charge < -0.3 is 5.11 Å². The summed E-state index contributed by atoms with van der Waals surface area (Å²) in [6.07, 6.45) is -0.275. The molecular formula is C15H13FO4S. The molecule has 110 valence electrons. The Bertz CT molecular complexity index is 769. The number of halogens is 1. The van der Waals surface area contributed by atoms with E-state index in [1.54, 1.807) is 18.2 Å². The molecule has 0 amide bonds. The molecule has 0 spiro atoms. The van der Waals surface area contributed by atoms with E-state index in [2.05, 4.69) is 0 Å². The lowest BCUT2D eigenvalue weighted by Crippen LogP contribution is -2.10. The number of hydrogen-bond acceptors (Lipinski definition) is 3. The van der Waals surface area contributed by atoms with Gasteiger partial charge in [0.2, 0.25) is 0 Å². The fraction of sp³-hybridized carbons (Fsp3) is 0.133. The fourth-order valence-corrected chi connectivity index (χ4v) is 3.51. The molecule has 6 heteroatoms. The molecule has 0 aromatic heterocycles. The third kappa shape index (κ3) is 3.66. The lowest BCUT2D eigenvalue weighted by Gasteiger charge is -2.09. The van der Waals surface area contributed by atoms with E-state index in [4.69, 9.17) is 5.11 Å². The maximum Gasteiger partial charge on any atom is 0.307 e. The lowest BCUT2D eigenvalue weighted by atomic mass is 10.1. The summed E-state index contributed by atoms with van der Waals surface area (Å²) in [6.45, 7) is 0. The van der Waals surface area contributed by atoms with Gasteiger partial charge in [0.1, 0.15) is 10.7 Å². The van der Waals surface area contributed by atoms with Crippen molar-refractivity contribution >= 4 is 15.8 Å². The predicted molar refractivity (Wildman–Crippen MR) is 75.1 cm³/mol. The largest absolute Gasteiger partial charge is 0.481 e. The summed E-state index contributed by atoms with van der Waals surface area (Å²) in [5, 5.41) is 8.84. The first-order valence-electron chi connectivity index (χ1n) is 6.16. The molecule has 0 atom stereocenters.